The first-order chi connectivity index (χ1) is 8.25. The van der Waals surface area contributed by atoms with Crippen molar-refractivity contribution >= 4 is 17.4 Å². The van der Waals surface area contributed by atoms with E-state index in [1.54, 1.807) is 6.20 Å². The largest absolute Gasteiger partial charge is 0.359 e. The van der Waals surface area contributed by atoms with Crippen LogP contribution in [-0.4, -0.2) is 23.6 Å². The van der Waals surface area contributed by atoms with Gasteiger partial charge in [0.2, 0.25) is 0 Å². The summed E-state index contributed by atoms with van der Waals surface area (Å²) in [6.45, 7) is 0.915. The first-order valence-corrected chi connectivity index (χ1v) is 5.85. The van der Waals surface area contributed by atoms with Gasteiger partial charge in [0.05, 0.1) is 5.02 Å². The summed E-state index contributed by atoms with van der Waals surface area (Å²) in [5.74, 6) is 0.934. The van der Waals surface area contributed by atoms with Crippen LogP contribution in [-0.2, 0) is 6.42 Å². The van der Waals surface area contributed by atoms with E-state index >= 15 is 0 Å². The van der Waals surface area contributed by atoms with Gasteiger partial charge in [-0.25, -0.2) is 4.98 Å². The van der Waals surface area contributed by atoms with Crippen molar-refractivity contribution in [2.75, 3.05) is 18.5 Å². The summed E-state index contributed by atoms with van der Waals surface area (Å²) in [6, 6.07) is 7.84. The standard InChI is InChI=1S/C13H14ClN3/c1-17(13-3-2-12(14)10-16-13)9-6-11-4-7-15-8-5-11/h2-5,7-8,10H,6,9H2,1H3. The molecule has 0 bridgehead atoms. The molecule has 0 atom stereocenters. The number of aromatic nitrogens is 2. The van der Waals surface area contributed by atoms with Gasteiger partial charge in [-0.15, -0.1) is 0 Å². The van der Waals surface area contributed by atoms with Crippen LogP contribution in [0.1, 0.15) is 5.56 Å². The van der Waals surface area contributed by atoms with Crippen LogP contribution in [0.25, 0.3) is 0 Å². The summed E-state index contributed by atoms with van der Waals surface area (Å²) in [4.78, 5) is 10.4. The van der Waals surface area contributed by atoms with Crippen molar-refractivity contribution in [2.24, 2.45) is 0 Å². The predicted octanol–water partition coefficient (Wildman–Crippen LogP) is 2.81. The molecule has 0 amide bonds. The highest BCUT2D eigenvalue weighted by Crippen LogP contribution is 2.13. The molecule has 0 spiro atoms. The van der Waals surface area contributed by atoms with Crippen molar-refractivity contribution in [1.29, 1.82) is 0 Å². The summed E-state index contributed by atoms with van der Waals surface area (Å²) in [6.07, 6.45) is 6.27. The molecule has 0 N–H and O–H groups in total. The zero-order valence-corrected chi connectivity index (χ0v) is 10.4. The van der Waals surface area contributed by atoms with Crippen molar-refractivity contribution in [2.45, 2.75) is 6.42 Å². The van der Waals surface area contributed by atoms with E-state index in [9.17, 15) is 0 Å². The maximum Gasteiger partial charge on any atom is 0.128 e. The third-order valence-corrected chi connectivity index (χ3v) is 2.81. The number of nitrogens with zero attached hydrogens (tertiary/aromatic N) is 3. The lowest BCUT2D eigenvalue weighted by molar-refractivity contribution is 0.858. The van der Waals surface area contributed by atoms with Gasteiger partial charge >= 0.3 is 0 Å². The summed E-state index contributed by atoms with van der Waals surface area (Å²) in [5, 5.41) is 0.663. The molecule has 4 heteroatoms. The van der Waals surface area contributed by atoms with E-state index in [1.165, 1.54) is 5.56 Å². The summed E-state index contributed by atoms with van der Waals surface area (Å²) in [7, 11) is 2.03. The van der Waals surface area contributed by atoms with Crippen LogP contribution in [0.3, 0.4) is 0 Å². The van der Waals surface area contributed by atoms with E-state index < -0.39 is 0 Å². The van der Waals surface area contributed by atoms with Crippen molar-refractivity contribution < 1.29 is 0 Å². The SMILES string of the molecule is CN(CCc1ccncc1)c1ccc(Cl)cn1. The maximum atomic E-state index is 5.80. The molecule has 2 rings (SSSR count). The lowest BCUT2D eigenvalue weighted by atomic mass is 10.2. The normalized spacial score (nSPS) is 10.2. The molecule has 0 aliphatic carbocycles. The molecule has 0 saturated heterocycles. The fraction of sp³-hybridized carbons (Fsp3) is 0.231. The molecular weight excluding hydrogens is 234 g/mol. The lowest BCUT2D eigenvalue weighted by Crippen LogP contribution is -2.21. The van der Waals surface area contributed by atoms with E-state index in [2.05, 4.69) is 14.9 Å². The predicted molar refractivity (Wildman–Crippen MR) is 70.5 cm³/mol. The molecule has 2 aromatic heterocycles. The Labute approximate surface area is 106 Å². The second-order valence-corrected chi connectivity index (χ2v) is 4.30. The van der Waals surface area contributed by atoms with E-state index in [0.717, 1.165) is 18.8 Å². The van der Waals surface area contributed by atoms with Gasteiger partial charge in [0.25, 0.3) is 0 Å². The number of hydrogen-bond acceptors (Lipinski definition) is 3. The zero-order valence-electron chi connectivity index (χ0n) is 9.68. The Hall–Kier alpha value is -1.61. The van der Waals surface area contributed by atoms with Gasteiger partial charge in [-0.05, 0) is 36.2 Å². The van der Waals surface area contributed by atoms with Gasteiger partial charge < -0.3 is 4.90 Å². The van der Waals surface area contributed by atoms with Crippen LogP contribution in [0.5, 0.6) is 0 Å². The Morgan fingerprint density at radius 2 is 1.94 bits per heavy atom. The fourth-order valence-electron chi connectivity index (χ4n) is 1.55. The summed E-state index contributed by atoms with van der Waals surface area (Å²) >= 11 is 5.80. The highest BCUT2D eigenvalue weighted by atomic mass is 35.5. The highest BCUT2D eigenvalue weighted by Gasteiger charge is 2.02. The lowest BCUT2D eigenvalue weighted by Gasteiger charge is -2.17. The molecule has 0 aliphatic rings. The first kappa shape index (κ1) is 11.9. The number of hydrogen-bond donors (Lipinski definition) is 0. The number of rotatable bonds is 4. The molecule has 0 fully saturated rings. The molecule has 2 heterocycles. The highest BCUT2D eigenvalue weighted by molar-refractivity contribution is 6.30. The molecule has 0 aliphatic heterocycles. The quantitative estimate of drug-likeness (QED) is 0.832. The Morgan fingerprint density at radius 1 is 1.18 bits per heavy atom. The van der Waals surface area contributed by atoms with Gasteiger partial charge in [0.15, 0.2) is 0 Å². The van der Waals surface area contributed by atoms with Gasteiger partial charge in [-0.3, -0.25) is 4.98 Å². The minimum Gasteiger partial charge on any atom is -0.359 e. The van der Waals surface area contributed by atoms with Crippen molar-refractivity contribution in [3.63, 3.8) is 0 Å². The Kier molecular flexibility index (Phi) is 3.94. The molecule has 3 nitrogen and oxygen atoms in total. The summed E-state index contributed by atoms with van der Waals surface area (Å²) in [5.41, 5.74) is 1.28. The Morgan fingerprint density at radius 3 is 2.59 bits per heavy atom. The number of halogens is 1. The van der Waals surface area contributed by atoms with Crippen LogP contribution < -0.4 is 4.90 Å². The fourth-order valence-corrected chi connectivity index (χ4v) is 1.67. The van der Waals surface area contributed by atoms with Crippen molar-refractivity contribution in [3.05, 3.63) is 53.4 Å². The van der Waals surface area contributed by atoms with Gasteiger partial charge in [-0.1, -0.05) is 11.6 Å². The Bertz CT molecular complexity index is 456. The summed E-state index contributed by atoms with van der Waals surface area (Å²) < 4.78 is 0. The molecule has 0 unspecified atom stereocenters. The molecule has 17 heavy (non-hydrogen) atoms. The van der Waals surface area contributed by atoms with E-state index in [0.29, 0.717) is 5.02 Å². The minimum absolute atomic E-state index is 0.663. The number of pyridine rings is 2. The number of anilines is 1. The molecule has 0 radical (unpaired) electrons. The van der Waals surface area contributed by atoms with Gasteiger partial charge in [-0.2, -0.15) is 0 Å². The van der Waals surface area contributed by atoms with Crippen LogP contribution in [0.4, 0.5) is 5.82 Å². The monoisotopic (exact) mass is 247 g/mol. The van der Waals surface area contributed by atoms with E-state index in [4.69, 9.17) is 11.6 Å². The average Bonchev–Trinajstić information content (AvgIpc) is 2.38. The zero-order chi connectivity index (χ0) is 12.1. The van der Waals surface area contributed by atoms with E-state index in [-0.39, 0.29) is 0 Å². The van der Waals surface area contributed by atoms with E-state index in [1.807, 2.05) is 43.7 Å². The smallest absolute Gasteiger partial charge is 0.128 e. The molecule has 0 aromatic carbocycles. The third-order valence-electron chi connectivity index (χ3n) is 2.59. The van der Waals surface area contributed by atoms with Gasteiger partial charge in [0.1, 0.15) is 5.82 Å². The molecular formula is C13H14ClN3. The second kappa shape index (κ2) is 5.64. The average molecular weight is 248 g/mol. The Balaban J connectivity index is 1.93. The second-order valence-electron chi connectivity index (χ2n) is 3.86. The molecule has 0 saturated carbocycles. The maximum absolute atomic E-state index is 5.80. The number of likely N-dealkylation sites (N-methyl/N-ethyl adjacent to an activating group) is 1. The van der Waals surface area contributed by atoms with Crippen molar-refractivity contribution in [3.8, 4) is 0 Å². The topological polar surface area (TPSA) is 29.0 Å². The third kappa shape index (κ3) is 3.43. The molecule has 88 valence electrons. The van der Waals surface area contributed by atoms with Crippen LogP contribution in [0.15, 0.2) is 42.9 Å². The van der Waals surface area contributed by atoms with Crippen LogP contribution in [0, 0.1) is 0 Å². The van der Waals surface area contributed by atoms with Crippen molar-refractivity contribution in [1.82, 2.24) is 9.97 Å². The molecule has 2 aromatic rings. The minimum atomic E-state index is 0.663. The first-order valence-electron chi connectivity index (χ1n) is 5.47. The van der Waals surface area contributed by atoms with Crippen LogP contribution >= 0.6 is 11.6 Å². The van der Waals surface area contributed by atoms with Crippen LogP contribution in [0.2, 0.25) is 5.02 Å². The van der Waals surface area contributed by atoms with Gasteiger partial charge in [0, 0.05) is 32.2 Å².